The second-order valence-electron chi connectivity index (χ2n) is 7.80. The summed E-state index contributed by atoms with van der Waals surface area (Å²) >= 11 is 10.9. The molecule has 1 fully saturated rings. The van der Waals surface area contributed by atoms with E-state index in [1.807, 2.05) is 24.3 Å². The van der Waals surface area contributed by atoms with Crippen LogP contribution in [0.25, 0.3) is 5.69 Å². The van der Waals surface area contributed by atoms with Crippen molar-refractivity contribution in [1.82, 2.24) is 30.4 Å². The van der Waals surface area contributed by atoms with Crippen LogP contribution >= 0.6 is 58.2 Å². The smallest absolute Gasteiger partial charge is 0.543 e. The van der Waals surface area contributed by atoms with E-state index in [0.717, 1.165) is 16.0 Å². The number of carbonyl (C=O) groups excluding carboxylic acids is 3. The number of rotatable bonds is 7. The number of carbonyl (C=O) groups is 3. The average molecular weight is 603 g/mol. The Morgan fingerprint density at radius 2 is 1.95 bits per heavy atom. The number of aliphatic carboxylic acids is 1. The maximum atomic E-state index is 13.2. The summed E-state index contributed by atoms with van der Waals surface area (Å²) in [6.45, 7) is 3.05. The molecule has 186 valence electrons. The van der Waals surface area contributed by atoms with E-state index in [2.05, 4.69) is 20.8 Å². The molecule has 2 aliphatic heterocycles. The Labute approximate surface area is 255 Å². The van der Waals surface area contributed by atoms with E-state index in [1.165, 1.54) is 51.4 Å². The molecule has 2 unspecified atom stereocenters. The van der Waals surface area contributed by atoms with Gasteiger partial charge in [-0.1, -0.05) is 41.6 Å². The summed E-state index contributed by atoms with van der Waals surface area (Å²) in [5.41, 5.74) is 0.350. The number of nitrogens with one attached hydrogen (secondary N) is 1. The minimum absolute atomic E-state index is 0. The monoisotopic (exact) mass is 602 g/mol. The standard InChI is InChI=1S/C21H17ClN6O4S4.Na/c1-10(29)23-21(2)16(35-20-24-25-26-28(20)11-6-4-3-5-7-11)14(19(31)32)27-17(30)15(18(27)36-21)34-13-9-8-12(22)33-13;/h3-9,15,18H,1-2H3,(H,23,29)(H,31,32);/q;+1/p-1/t15?,18-,21?;/m1./s1. The Morgan fingerprint density at radius 3 is 2.57 bits per heavy atom. The molecule has 1 saturated heterocycles. The molecular weight excluding hydrogens is 587 g/mol. The van der Waals surface area contributed by atoms with Crippen molar-refractivity contribution in [3.63, 3.8) is 0 Å². The van der Waals surface area contributed by atoms with Gasteiger partial charge in [0.1, 0.15) is 15.5 Å². The Bertz CT molecular complexity index is 1400. The zero-order chi connectivity index (χ0) is 25.6. The molecule has 0 radical (unpaired) electrons. The first-order valence-corrected chi connectivity index (χ1v) is 14.1. The molecule has 5 rings (SSSR count). The number of thioether (sulfide) groups is 3. The van der Waals surface area contributed by atoms with Crippen molar-refractivity contribution in [2.45, 2.75) is 38.7 Å². The van der Waals surface area contributed by atoms with Crippen LogP contribution in [0.15, 0.2) is 62.4 Å². The molecule has 1 N–H and O–H groups in total. The molecule has 3 aromatic rings. The van der Waals surface area contributed by atoms with Crippen molar-refractivity contribution in [2.75, 3.05) is 0 Å². The summed E-state index contributed by atoms with van der Waals surface area (Å²) in [6, 6.07) is 12.6. The first kappa shape index (κ1) is 28.5. The van der Waals surface area contributed by atoms with E-state index in [0.29, 0.717) is 10.0 Å². The Hall–Kier alpha value is -1.52. The zero-order valence-electron chi connectivity index (χ0n) is 19.6. The van der Waals surface area contributed by atoms with Gasteiger partial charge < -0.3 is 15.2 Å². The van der Waals surface area contributed by atoms with Crippen LogP contribution in [0.1, 0.15) is 13.8 Å². The minimum atomic E-state index is -1.53. The number of hydrogen-bond acceptors (Lipinski definition) is 11. The molecule has 0 spiro atoms. The number of amides is 2. The number of aromatic nitrogens is 4. The van der Waals surface area contributed by atoms with E-state index in [4.69, 9.17) is 11.6 Å². The number of carboxylic acid groups (broad SMARTS) is 1. The maximum absolute atomic E-state index is 13.2. The first-order valence-electron chi connectivity index (χ1n) is 10.4. The van der Waals surface area contributed by atoms with Gasteiger partial charge in [-0.2, -0.15) is 4.68 Å². The van der Waals surface area contributed by atoms with E-state index < -0.39 is 21.5 Å². The van der Waals surface area contributed by atoms with Gasteiger partial charge >= 0.3 is 29.6 Å². The third kappa shape index (κ3) is 5.48. The van der Waals surface area contributed by atoms with Crippen LogP contribution in [0.4, 0.5) is 0 Å². The molecule has 3 atom stereocenters. The predicted octanol–water partition coefficient (Wildman–Crippen LogP) is -0.637. The molecule has 37 heavy (non-hydrogen) atoms. The van der Waals surface area contributed by atoms with Crippen LogP contribution in [0.3, 0.4) is 0 Å². The number of benzene rings is 1. The molecule has 2 amide bonds. The molecule has 0 saturated carbocycles. The van der Waals surface area contributed by atoms with E-state index in [9.17, 15) is 19.5 Å². The normalized spacial score (nSPS) is 22.7. The van der Waals surface area contributed by atoms with Gasteiger partial charge in [-0.05, 0) is 53.4 Å². The van der Waals surface area contributed by atoms with Gasteiger partial charge in [-0.25, -0.2) is 0 Å². The number of nitrogens with zero attached hydrogens (tertiary/aromatic N) is 5. The van der Waals surface area contributed by atoms with Gasteiger partial charge in [0.05, 0.1) is 30.8 Å². The van der Waals surface area contributed by atoms with Crippen LogP contribution in [0.2, 0.25) is 4.34 Å². The first-order chi connectivity index (χ1) is 17.2. The average Bonchev–Trinajstić information content (AvgIpc) is 3.47. The number of β-lactam (4-membered cyclic amide) rings is 1. The van der Waals surface area contributed by atoms with Gasteiger partial charge in [-0.3, -0.25) is 14.5 Å². The Morgan fingerprint density at radius 1 is 1.22 bits per heavy atom. The molecular formula is C21H16ClN6NaO4S4. The number of thiophene rings is 1. The summed E-state index contributed by atoms with van der Waals surface area (Å²) in [5.74, 6) is -2.27. The summed E-state index contributed by atoms with van der Waals surface area (Å²) in [6.07, 6.45) is 0. The van der Waals surface area contributed by atoms with Crippen LogP contribution in [-0.4, -0.2) is 58.4 Å². The van der Waals surface area contributed by atoms with Crippen molar-refractivity contribution in [3.05, 3.63) is 57.4 Å². The van der Waals surface area contributed by atoms with Crippen molar-refractivity contribution in [2.24, 2.45) is 0 Å². The van der Waals surface area contributed by atoms with E-state index in [-0.39, 0.29) is 57.1 Å². The summed E-state index contributed by atoms with van der Waals surface area (Å²) < 4.78 is 2.87. The summed E-state index contributed by atoms with van der Waals surface area (Å²) in [4.78, 5) is 38.0. The molecule has 10 nitrogen and oxygen atoms in total. The number of carboxylic acids is 1. The molecule has 0 aliphatic carbocycles. The number of para-hydroxylation sites is 1. The fourth-order valence-corrected chi connectivity index (χ4v) is 9.43. The van der Waals surface area contributed by atoms with Crippen LogP contribution in [0, 0.1) is 0 Å². The summed E-state index contributed by atoms with van der Waals surface area (Å²) in [7, 11) is 0. The van der Waals surface area contributed by atoms with Crippen LogP contribution in [-0.2, 0) is 14.4 Å². The number of fused-ring (bicyclic) bond motifs is 1. The maximum Gasteiger partial charge on any atom is 1.00 e. The van der Waals surface area contributed by atoms with Crippen LogP contribution in [0.5, 0.6) is 0 Å². The second-order valence-corrected chi connectivity index (χ2v) is 13.5. The number of tetrazole rings is 1. The fourth-order valence-electron chi connectivity index (χ4n) is 3.84. The Balaban J connectivity index is 0.00000320. The van der Waals surface area contributed by atoms with Gasteiger partial charge in [0.2, 0.25) is 17.0 Å². The minimum Gasteiger partial charge on any atom is -0.543 e. The molecule has 4 heterocycles. The van der Waals surface area contributed by atoms with Gasteiger partial charge in [0, 0.05) is 6.92 Å². The van der Waals surface area contributed by atoms with E-state index >= 15 is 0 Å². The second kappa shape index (κ2) is 11.3. The molecule has 0 bridgehead atoms. The van der Waals surface area contributed by atoms with Crippen molar-refractivity contribution >= 4 is 76.0 Å². The molecule has 2 aliphatic rings. The third-order valence-corrected chi connectivity index (χ3v) is 11.0. The molecule has 1 aromatic carbocycles. The van der Waals surface area contributed by atoms with Crippen molar-refractivity contribution < 1.29 is 49.0 Å². The van der Waals surface area contributed by atoms with Crippen molar-refractivity contribution in [3.8, 4) is 5.69 Å². The van der Waals surface area contributed by atoms with Crippen molar-refractivity contribution in [1.29, 1.82) is 0 Å². The molecule has 2 aromatic heterocycles. The predicted molar refractivity (Wildman–Crippen MR) is 136 cm³/mol. The topological polar surface area (TPSA) is 133 Å². The SMILES string of the molecule is CC(=O)NC1(C)S[C@@H]2C(Sc3ccc(Cl)s3)C(=O)N2C(C(=O)[O-])=C1Sc1nnnn1-c1ccccc1.[Na+]. The van der Waals surface area contributed by atoms with Crippen LogP contribution < -0.4 is 40.0 Å². The van der Waals surface area contributed by atoms with Gasteiger partial charge in [-0.15, -0.1) is 28.2 Å². The van der Waals surface area contributed by atoms with Gasteiger partial charge in [0.15, 0.2) is 0 Å². The zero-order valence-corrected chi connectivity index (χ0v) is 25.6. The Kier molecular flexibility index (Phi) is 8.70. The van der Waals surface area contributed by atoms with Gasteiger partial charge in [0.25, 0.3) is 0 Å². The largest absolute Gasteiger partial charge is 1.00 e. The molecule has 16 heteroatoms. The quantitative estimate of drug-likeness (QED) is 0.275. The fraction of sp³-hybridized carbons (Fsp3) is 0.238. The third-order valence-electron chi connectivity index (χ3n) is 5.27. The van der Waals surface area contributed by atoms with E-state index in [1.54, 1.807) is 25.1 Å². The number of hydrogen-bond donors (Lipinski definition) is 1. The number of halogens is 1. The summed E-state index contributed by atoms with van der Waals surface area (Å²) in [5, 5.41) is 26.3.